The quantitative estimate of drug-likeness (QED) is 0.351. The number of non-ortho nitro benzene ring substituents is 1. The predicted octanol–water partition coefficient (Wildman–Crippen LogP) is 3.17. The van der Waals surface area contributed by atoms with E-state index in [2.05, 4.69) is 5.32 Å². The van der Waals surface area contributed by atoms with Gasteiger partial charge in [0.2, 0.25) is 0 Å². The van der Waals surface area contributed by atoms with Crippen LogP contribution in [-0.2, 0) is 14.3 Å². The van der Waals surface area contributed by atoms with Gasteiger partial charge in [0.1, 0.15) is 6.04 Å². The molecule has 0 aliphatic carbocycles. The number of ether oxygens (including phenoxy) is 1. The van der Waals surface area contributed by atoms with Crippen LogP contribution in [0.5, 0.6) is 0 Å². The first-order chi connectivity index (χ1) is 14.2. The van der Waals surface area contributed by atoms with E-state index in [1.54, 1.807) is 6.92 Å². The lowest BCUT2D eigenvalue weighted by Gasteiger charge is -2.25. The number of nitro groups is 1. The summed E-state index contributed by atoms with van der Waals surface area (Å²) < 4.78 is 4.92. The first-order valence-electron chi connectivity index (χ1n) is 8.92. The molecule has 0 heterocycles. The summed E-state index contributed by atoms with van der Waals surface area (Å²) in [6.45, 7) is 1.70. The van der Waals surface area contributed by atoms with Crippen LogP contribution in [0.3, 0.4) is 0 Å². The third-order valence-corrected chi connectivity index (χ3v) is 4.54. The number of nitro benzene ring substituents is 1. The second-order valence-corrected chi connectivity index (χ2v) is 6.70. The molecule has 0 spiro atoms. The molecule has 2 N–H and O–H groups in total. The first-order valence-corrected chi connectivity index (χ1v) is 9.30. The van der Waals surface area contributed by atoms with Crippen molar-refractivity contribution in [2.75, 3.05) is 6.61 Å². The minimum absolute atomic E-state index is 0.0979. The molecule has 0 aromatic heterocycles. The average Bonchev–Trinajstić information content (AvgIpc) is 2.71. The van der Waals surface area contributed by atoms with Gasteiger partial charge in [0, 0.05) is 28.6 Å². The number of nitrogens with one attached hydrogen (secondary N) is 1. The maximum atomic E-state index is 12.5. The van der Waals surface area contributed by atoms with Gasteiger partial charge in [-0.05, 0) is 36.8 Å². The minimum atomic E-state index is -1.49. The highest BCUT2D eigenvalue weighted by Gasteiger charge is 2.33. The number of hydrogen-bond acceptors (Lipinski definition) is 6. The van der Waals surface area contributed by atoms with E-state index in [4.69, 9.17) is 16.3 Å². The fourth-order valence-electron chi connectivity index (χ4n) is 2.83. The smallest absolute Gasteiger partial charge is 0.326 e. The average molecular weight is 435 g/mol. The van der Waals surface area contributed by atoms with Crippen LogP contribution in [0.1, 0.15) is 35.2 Å². The van der Waals surface area contributed by atoms with Gasteiger partial charge in [-0.2, -0.15) is 0 Å². The summed E-state index contributed by atoms with van der Waals surface area (Å²) in [5.74, 6) is -3.72. The Kier molecular flexibility index (Phi) is 7.88. The lowest BCUT2D eigenvalue weighted by molar-refractivity contribution is -0.384. The van der Waals surface area contributed by atoms with Crippen LogP contribution in [0.25, 0.3) is 0 Å². The molecule has 0 aliphatic heterocycles. The van der Waals surface area contributed by atoms with Gasteiger partial charge in [-0.25, -0.2) is 4.79 Å². The molecule has 0 saturated carbocycles. The molecule has 2 aromatic carbocycles. The van der Waals surface area contributed by atoms with Gasteiger partial charge < -0.3 is 15.2 Å². The van der Waals surface area contributed by atoms with Crippen LogP contribution in [-0.4, -0.2) is 40.5 Å². The maximum absolute atomic E-state index is 12.5. The Bertz CT molecular complexity index is 929. The number of hydrogen-bond donors (Lipinski definition) is 2. The van der Waals surface area contributed by atoms with Crippen LogP contribution in [0.15, 0.2) is 48.5 Å². The molecular formula is C20H19ClN2O7. The summed E-state index contributed by atoms with van der Waals surface area (Å²) >= 11 is 5.80. The Hall–Kier alpha value is -3.46. The molecule has 1 amide bonds. The van der Waals surface area contributed by atoms with E-state index in [0.717, 1.165) is 0 Å². The van der Waals surface area contributed by atoms with Crippen molar-refractivity contribution < 1.29 is 29.2 Å². The fourth-order valence-corrected chi connectivity index (χ4v) is 2.96. The van der Waals surface area contributed by atoms with E-state index in [-0.39, 0.29) is 24.3 Å². The molecule has 0 saturated heterocycles. The lowest BCUT2D eigenvalue weighted by atomic mass is 9.88. The van der Waals surface area contributed by atoms with Crippen molar-refractivity contribution >= 4 is 35.1 Å². The highest BCUT2D eigenvalue weighted by Crippen LogP contribution is 2.27. The number of esters is 1. The Labute approximate surface area is 176 Å². The Morgan fingerprint density at radius 3 is 2.23 bits per heavy atom. The number of amides is 1. The van der Waals surface area contributed by atoms with Crippen molar-refractivity contribution in [3.63, 3.8) is 0 Å². The summed E-state index contributed by atoms with van der Waals surface area (Å²) in [6.07, 6.45) is -0.344. The number of halogens is 1. The molecule has 0 bridgehead atoms. The molecule has 30 heavy (non-hydrogen) atoms. The third-order valence-electron chi connectivity index (χ3n) is 4.29. The minimum Gasteiger partial charge on any atom is -0.480 e. The van der Waals surface area contributed by atoms with Crippen molar-refractivity contribution in [3.05, 3.63) is 74.8 Å². The predicted molar refractivity (Wildman–Crippen MR) is 107 cm³/mol. The third kappa shape index (κ3) is 6.02. The second-order valence-electron chi connectivity index (χ2n) is 6.26. The Balaban J connectivity index is 2.36. The Morgan fingerprint density at radius 2 is 1.73 bits per heavy atom. The summed E-state index contributed by atoms with van der Waals surface area (Å²) in [5, 5.41) is 23.4. The van der Waals surface area contributed by atoms with Crippen molar-refractivity contribution in [3.8, 4) is 0 Å². The Morgan fingerprint density at radius 1 is 1.13 bits per heavy atom. The van der Waals surface area contributed by atoms with Gasteiger partial charge in [0.25, 0.3) is 11.6 Å². The van der Waals surface area contributed by atoms with Crippen molar-refractivity contribution in [1.29, 1.82) is 0 Å². The largest absolute Gasteiger partial charge is 0.480 e. The zero-order valence-electron chi connectivity index (χ0n) is 15.9. The molecule has 0 aliphatic rings. The van der Waals surface area contributed by atoms with Gasteiger partial charge in [0.05, 0.1) is 18.0 Å². The molecule has 10 heteroatoms. The van der Waals surface area contributed by atoms with E-state index in [0.29, 0.717) is 10.6 Å². The second kappa shape index (κ2) is 10.4. The standard InChI is InChI=1S/C20H19ClN2O7/c1-2-30-17(24)11-16(12-5-9-15(10-6-12)23(28)29)18(20(26)27)22-19(25)13-3-7-14(21)8-4-13/h3-10,16,18H,2,11H2,1H3,(H,22,25)(H,26,27)/t16-,18+/m1/s1. The maximum Gasteiger partial charge on any atom is 0.326 e. The number of rotatable bonds is 9. The van der Waals surface area contributed by atoms with Crippen molar-refractivity contribution in [2.45, 2.75) is 25.3 Å². The summed E-state index contributed by atoms with van der Waals surface area (Å²) in [5.41, 5.74) is 0.326. The molecule has 9 nitrogen and oxygen atoms in total. The van der Waals surface area contributed by atoms with Crippen LogP contribution in [0, 0.1) is 10.1 Å². The van der Waals surface area contributed by atoms with Crippen molar-refractivity contribution in [2.24, 2.45) is 0 Å². The van der Waals surface area contributed by atoms with Crippen LogP contribution < -0.4 is 5.32 Å². The number of aliphatic carboxylic acids is 1. The van der Waals surface area contributed by atoms with Crippen LogP contribution >= 0.6 is 11.6 Å². The molecule has 2 rings (SSSR count). The summed E-state index contributed by atoms with van der Waals surface area (Å²) in [4.78, 5) is 46.9. The highest BCUT2D eigenvalue weighted by atomic mass is 35.5. The zero-order valence-corrected chi connectivity index (χ0v) is 16.7. The van der Waals surface area contributed by atoms with E-state index in [1.807, 2.05) is 0 Å². The molecular weight excluding hydrogens is 416 g/mol. The van der Waals surface area contributed by atoms with Gasteiger partial charge in [-0.1, -0.05) is 23.7 Å². The SMILES string of the molecule is CCOC(=O)C[C@H](c1ccc([N+](=O)[O-])cc1)[C@H](NC(=O)c1ccc(Cl)cc1)C(=O)O. The number of benzene rings is 2. The number of carbonyl (C=O) groups excluding carboxylic acids is 2. The molecule has 2 atom stereocenters. The lowest BCUT2D eigenvalue weighted by Crippen LogP contribution is -2.45. The van der Waals surface area contributed by atoms with E-state index in [9.17, 15) is 29.6 Å². The van der Waals surface area contributed by atoms with Crippen LogP contribution in [0.2, 0.25) is 5.02 Å². The molecule has 2 aromatic rings. The van der Waals surface area contributed by atoms with Crippen molar-refractivity contribution in [1.82, 2.24) is 5.32 Å². The number of carboxylic acids is 1. The summed E-state index contributed by atoms with van der Waals surface area (Å²) in [6, 6.07) is 9.46. The highest BCUT2D eigenvalue weighted by molar-refractivity contribution is 6.30. The van der Waals surface area contributed by atoms with E-state index in [1.165, 1.54) is 48.5 Å². The topological polar surface area (TPSA) is 136 Å². The van der Waals surface area contributed by atoms with Gasteiger partial charge in [-0.3, -0.25) is 19.7 Å². The zero-order chi connectivity index (χ0) is 22.3. The van der Waals surface area contributed by atoms with E-state index >= 15 is 0 Å². The number of carboxylic acid groups (broad SMARTS) is 1. The monoisotopic (exact) mass is 434 g/mol. The number of carbonyl (C=O) groups is 3. The van der Waals surface area contributed by atoms with Gasteiger partial charge in [0.15, 0.2) is 0 Å². The van der Waals surface area contributed by atoms with Gasteiger partial charge in [-0.15, -0.1) is 0 Å². The van der Waals surface area contributed by atoms with Gasteiger partial charge >= 0.3 is 11.9 Å². The van der Waals surface area contributed by atoms with Crippen LogP contribution in [0.4, 0.5) is 5.69 Å². The molecule has 158 valence electrons. The number of nitrogens with zero attached hydrogens (tertiary/aromatic N) is 1. The first kappa shape index (κ1) is 22.8. The van der Waals surface area contributed by atoms with E-state index < -0.39 is 34.7 Å². The molecule has 0 unspecified atom stereocenters. The molecule has 0 radical (unpaired) electrons. The fraction of sp³-hybridized carbons (Fsp3) is 0.250. The molecule has 0 fully saturated rings. The summed E-state index contributed by atoms with van der Waals surface area (Å²) in [7, 11) is 0. The normalized spacial score (nSPS) is 12.5.